The van der Waals surface area contributed by atoms with Crippen molar-refractivity contribution >= 4 is 39.4 Å². The van der Waals surface area contributed by atoms with Crippen LogP contribution >= 0.6 is 15.9 Å². The summed E-state index contributed by atoms with van der Waals surface area (Å²) in [6, 6.07) is 11.5. The van der Waals surface area contributed by atoms with Crippen molar-refractivity contribution in [2.45, 2.75) is 63.1 Å². The number of phenols is 1. The maximum atomic E-state index is 13.9. The molecule has 2 aliphatic heterocycles. The lowest BCUT2D eigenvalue weighted by Crippen LogP contribution is -2.53. The van der Waals surface area contributed by atoms with Gasteiger partial charge in [0.25, 0.3) is 5.91 Å². The number of carbonyl (C=O) groups excluding carboxylic acids is 4. The number of hydrogen-bond acceptors (Lipinski definition) is 5. The Morgan fingerprint density at radius 1 is 1.00 bits per heavy atom. The molecule has 9 heteroatoms. The first-order valence-corrected chi connectivity index (χ1v) is 14.1. The molecular formula is C29H32BrN3O5. The highest BCUT2D eigenvalue weighted by molar-refractivity contribution is 9.10. The van der Waals surface area contributed by atoms with Crippen molar-refractivity contribution in [2.75, 3.05) is 13.1 Å². The maximum absolute atomic E-state index is 13.9. The van der Waals surface area contributed by atoms with Crippen LogP contribution in [0.15, 0.2) is 53.0 Å². The SMILES string of the molecule is O=C(NC(Cc1ccc(O)cc1)C(=O)N1CCC2C1C(=O)CN2C(=O)C1CCCCC1)c1cccc(Br)c1. The summed E-state index contributed by atoms with van der Waals surface area (Å²) in [6.07, 6.45) is 5.68. The molecule has 5 rings (SSSR count). The van der Waals surface area contributed by atoms with E-state index in [2.05, 4.69) is 21.2 Å². The maximum Gasteiger partial charge on any atom is 0.251 e. The van der Waals surface area contributed by atoms with Crippen molar-refractivity contribution in [3.63, 3.8) is 0 Å². The van der Waals surface area contributed by atoms with Gasteiger partial charge in [-0.25, -0.2) is 0 Å². The monoisotopic (exact) mass is 581 g/mol. The Bertz CT molecular complexity index is 1230. The third kappa shape index (κ3) is 5.48. The zero-order valence-electron chi connectivity index (χ0n) is 21.1. The summed E-state index contributed by atoms with van der Waals surface area (Å²) in [4.78, 5) is 56.8. The standard InChI is InChI=1S/C29H32BrN3O5/c30-21-8-4-7-20(16-21)27(36)31-23(15-18-9-11-22(34)12-10-18)29(38)32-14-13-24-26(32)25(35)17-33(24)28(37)19-5-2-1-3-6-19/h4,7-12,16,19,23-24,26,34H,1-3,5-6,13-15,17H2,(H,31,36). The van der Waals surface area contributed by atoms with Crippen LogP contribution in [-0.2, 0) is 20.8 Å². The number of nitrogens with one attached hydrogen (secondary N) is 1. The molecule has 0 radical (unpaired) electrons. The van der Waals surface area contributed by atoms with E-state index in [1.54, 1.807) is 40.1 Å². The van der Waals surface area contributed by atoms with Crippen molar-refractivity contribution in [3.05, 3.63) is 64.1 Å². The van der Waals surface area contributed by atoms with Crippen molar-refractivity contribution in [3.8, 4) is 5.75 Å². The first kappa shape index (κ1) is 26.4. The largest absolute Gasteiger partial charge is 0.508 e. The molecule has 8 nitrogen and oxygen atoms in total. The number of phenolic OH excluding ortho intramolecular Hbond substituents is 1. The lowest BCUT2D eigenvalue weighted by molar-refractivity contribution is -0.138. The van der Waals surface area contributed by atoms with E-state index in [9.17, 15) is 24.3 Å². The highest BCUT2D eigenvalue weighted by Gasteiger charge is 2.52. The second kappa shape index (κ2) is 11.3. The number of nitrogens with zero attached hydrogens (tertiary/aromatic N) is 2. The van der Waals surface area contributed by atoms with Gasteiger partial charge in [0.1, 0.15) is 17.8 Å². The summed E-state index contributed by atoms with van der Waals surface area (Å²) in [5.74, 6) is -0.737. The molecule has 2 aromatic rings. The van der Waals surface area contributed by atoms with Crippen LogP contribution in [0.25, 0.3) is 0 Å². The molecule has 0 aromatic heterocycles. The van der Waals surface area contributed by atoms with Crippen LogP contribution in [-0.4, -0.2) is 69.6 Å². The molecule has 2 N–H and O–H groups in total. The number of likely N-dealkylation sites (tertiary alicyclic amines) is 2. The lowest BCUT2D eigenvalue weighted by atomic mass is 9.88. The summed E-state index contributed by atoms with van der Waals surface area (Å²) in [5.41, 5.74) is 1.17. The molecule has 2 saturated heterocycles. The predicted octanol–water partition coefficient (Wildman–Crippen LogP) is 3.46. The number of amides is 3. The number of rotatable bonds is 6. The molecule has 3 fully saturated rings. The van der Waals surface area contributed by atoms with Gasteiger partial charge in [-0.3, -0.25) is 19.2 Å². The number of carbonyl (C=O) groups is 4. The number of aromatic hydroxyl groups is 1. The molecule has 2 aromatic carbocycles. The molecule has 200 valence electrons. The Morgan fingerprint density at radius 2 is 1.74 bits per heavy atom. The van der Waals surface area contributed by atoms with Crippen molar-refractivity contribution in [1.82, 2.24) is 15.1 Å². The first-order valence-electron chi connectivity index (χ1n) is 13.3. The fraction of sp³-hybridized carbons (Fsp3) is 0.448. The van der Waals surface area contributed by atoms with Crippen LogP contribution in [0.2, 0.25) is 0 Å². The van der Waals surface area contributed by atoms with Crippen molar-refractivity contribution in [2.24, 2.45) is 5.92 Å². The van der Waals surface area contributed by atoms with Crippen LogP contribution in [0, 0.1) is 5.92 Å². The number of Topliss-reactive ketones (excluding diaryl/α,β-unsaturated/α-hetero) is 1. The minimum Gasteiger partial charge on any atom is -0.508 e. The number of ketones is 1. The molecule has 3 unspecified atom stereocenters. The fourth-order valence-corrected chi connectivity index (χ4v) is 6.48. The highest BCUT2D eigenvalue weighted by Crippen LogP contribution is 2.34. The summed E-state index contributed by atoms with van der Waals surface area (Å²) in [6.45, 7) is 0.397. The van der Waals surface area contributed by atoms with Crippen LogP contribution in [0.5, 0.6) is 5.75 Å². The zero-order valence-corrected chi connectivity index (χ0v) is 22.7. The zero-order chi connectivity index (χ0) is 26.8. The van der Waals surface area contributed by atoms with E-state index in [0.717, 1.165) is 42.1 Å². The van der Waals surface area contributed by atoms with Gasteiger partial charge in [-0.1, -0.05) is 53.4 Å². The van der Waals surface area contributed by atoms with Gasteiger partial charge in [-0.05, 0) is 55.2 Å². The molecule has 3 amide bonds. The fourth-order valence-electron chi connectivity index (χ4n) is 6.08. The minimum atomic E-state index is -0.916. The van der Waals surface area contributed by atoms with Gasteiger partial charge < -0.3 is 20.2 Å². The molecule has 2 heterocycles. The van der Waals surface area contributed by atoms with Crippen molar-refractivity contribution in [1.29, 1.82) is 0 Å². The van der Waals surface area contributed by atoms with Gasteiger partial charge >= 0.3 is 0 Å². The smallest absolute Gasteiger partial charge is 0.251 e. The van der Waals surface area contributed by atoms with E-state index < -0.39 is 18.0 Å². The van der Waals surface area contributed by atoms with E-state index in [-0.39, 0.29) is 48.3 Å². The average Bonchev–Trinajstić information content (AvgIpc) is 3.50. The lowest BCUT2D eigenvalue weighted by Gasteiger charge is -2.30. The number of benzene rings is 2. The molecule has 1 saturated carbocycles. The Balaban J connectivity index is 1.35. The summed E-state index contributed by atoms with van der Waals surface area (Å²) >= 11 is 3.37. The number of halogens is 1. The van der Waals surface area contributed by atoms with Crippen LogP contribution in [0.4, 0.5) is 0 Å². The van der Waals surface area contributed by atoms with E-state index in [1.807, 2.05) is 6.07 Å². The second-order valence-electron chi connectivity index (χ2n) is 10.5. The van der Waals surface area contributed by atoms with Crippen LogP contribution in [0.1, 0.15) is 54.4 Å². The molecule has 1 aliphatic carbocycles. The first-order chi connectivity index (χ1) is 18.3. The Kier molecular flexibility index (Phi) is 7.83. The molecular weight excluding hydrogens is 550 g/mol. The van der Waals surface area contributed by atoms with Crippen molar-refractivity contribution < 1.29 is 24.3 Å². The average molecular weight is 582 g/mol. The Morgan fingerprint density at radius 3 is 2.45 bits per heavy atom. The van der Waals surface area contributed by atoms with Crippen LogP contribution in [0.3, 0.4) is 0 Å². The van der Waals surface area contributed by atoms with Gasteiger partial charge in [0.05, 0.1) is 12.6 Å². The van der Waals surface area contributed by atoms with E-state index in [4.69, 9.17) is 0 Å². The summed E-state index contributed by atoms with van der Waals surface area (Å²) in [7, 11) is 0. The van der Waals surface area contributed by atoms with Gasteiger partial charge in [-0.15, -0.1) is 0 Å². The van der Waals surface area contributed by atoms with Gasteiger partial charge in [0.15, 0.2) is 5.78 Å². The summed E-state index contributed by atoms with van der Waals surface area (Å²) < 4.78 is 0.744. The molecule has 38 heavy (non-hydrogen) atoms. The highest BCUT2D eigenvalue weighted by atomic mass is 79.9. The molecule has 0 spiro atoms. The Hall–Kier alpha value is -3.20. The number of fused-ring (bicyclic) bond motifs is 1. The quantitative estimate of drug-likeness (QED) is 0.543. The number of hydrogen-bond donors (Lipinski definition) is 2. The van der Waals surface area contributed by atoms with E-state index >= 15 is 0 Å². The third-order valence-electron chi connectivity index (χ3n) is 8.01. The third-order valence-corrected chi connectivity index (χ3v) is 8.50. The van der Waals surface area contributed by atoms with Gasteiger partial charge in [0.2, 0.25) is 11.8 Å². The van der Waals surface area contributed by atoms with Crippen LogP contribution < -0.4 is 5.32 Å². The van der Waals surface area contributed by atoms with E-state index in [0.29, 0.717) is 18.5 Å². The molecule has 3 aliphatic rings. The second-order valence-corrected chi connectivity index (χ2v) is 11.4. The van der Waals surface area contributed by atoms with Gasteiger partial charge in [-0.2, -0.15) is 0 Å². The van der Waals surface area contributed by atoms with Gasteiger partial charge in [0, 0.05) is 28.9 Å². The summed E-state index contributed by atoms with van der Waals surface area (Å²) in [5, 5.41) is 12.5. The minimum absolute atomic E-state index is 0.0354. The Labute approximate surface area is 230 Å². The predicted molar refractivity (Wildman–Crippen MR) is 144 cm³/mol. The molecule has 3 atom stereocenters. The molecule has 0 bridgehead atoms. The normalized spacial score (nSPS) is 22.3. The topological polar surface area (TPSA) is 107 Å². The van der Waals surface area contributed by atoms with E-state index in [1.165, 1.54) is 12.1 Å².